The molecule has 0 unspecified atom stereocenters. The van der Waals surface area contributed by atoms with Gasteiger partial charge in [0, 0.05) is 12.3 Å². The van der Waals surface area contributed by atoms with Crippen LogP contribution < -0.4 is 0 Å². The van der Waals surface area contributed by atoms with Crippen molar-refractivity contribution in [2.75, 3.05) is 0 Å². The van der Waals surface area contributed by atoms with Crippen molar-refractivity contribution in [3.05, 3.63) is 41.5 Å². The van der Waals surface area contributed by atoms with Crippen LogP contribution in [-0.4, -0.2) is 12.3 Å². The van der Waals surface area contributed by atoms with E-state index >= 15 is 0 Å². The number of hydrogen-bond donors (Lipinski definition) is 0. The summed E-state index contributed by atoms with van der Waals surface area (Å²) in [6.07, 6.45) is 12.0. The predicted octanol–water partition coefficient (Wildman–Crippen LogP) is 4.88. The monoisotopic (exact) mass is 241 g/mol. The molecule has 0 amide bonds. The minimum Gasteiger partial charge on any atom is -0.290 e. The summed E-state index contributed by atoms with van der Waals surface area (Å²) in [6.45, 7) is 2.20. The first-order valence-corrected chi connectivity index (χ1v) is 7.17. The molecule has 1 aliphatic carbocycles. The van der Waals surface area contributed by atoms with E-state index in [2.05, 4.69) is 49.5 Å². The molecule has 18 heavy (non-hydrogen) atoms. The van der Waals surface area contributed by atoms with E-state index in [1.54, 1.807) is 0 Å². The molecule has 1 heteroatoms. The van der Waals surface area contributed by atoms with Crippen molar-refractivity contribution in [1.82, 2.24) is 0 Å². The predicted molar refractivity (Wildman–Crippen MR) is 80.1 cm³/mol. The van der Waals surface area contributed by atoms with Gasteiger partial charge in [0.1, 0.15) is 0 Å². The lowest BCUT2D eigenvalue weighted by molar-refractivity contribution is 0.444. The van der Waals surface area contributed by atoms with Gasteiger partial charge in [-0.25, -0.2) is 0 Å². The van der Waals surface area contributed by atoms with Crippen molar-refractivity contribution in [3.63, 3.8) is 0 Å². The Morgan fingerprint density at radius 2 is 1.89 bits per heavy atom. The summed E-state index contributed by atoms with van der Waals surface area (Å²) < 4.78 is 0. The van der Waals surface area contributed by atoms with E-state index < -0.39 is 0 Å². The Labute approximate surface area is 111 Å². The lowest BCUT2D eigenvalue weighted by Gasteiger charge is -2.17. The smallest absolute Gasteiger partial charge is 0.0499 e. The van der Waals surface area contributed by atoms with Gasteiger partial charge in [0.25, 0.3) is 0 Å². The molecule has 0 bridgehead atoms. The van der Waals surface area contributed by atoms with Crippen LogP contribution >= 0.6 is 0 Å². The fourth-order valence-corrected chi connectivity index (χ4v) is 2.43. The minimum absolute atomic E-state index is 0.574. The summed E-state index contributed by atoms with van der Waals surface area (Å²) in [7, 11) is 0. The molecule has 0 aromatic heterocycles. The molecule has 0 N–H and O–H groups in total. The second kappa shape index (κ2) is 7.15. The van der Waals surface area contributed by atoms with Gasteiger partial charge in [0.05, 0.1) is 0 Å². The fourth-order valence-electron chi connectivity index (χ4n) is 2.43. The normalized spacial score (nSPS) is 18.4. The first-order valence-electron chi connectivity index (χ1n) is 7.17. The third-order valence-corrected chi connectivity index (χ3v) is 3.59. The average molecular weight is 241 g/mol. The average Bonchev–Trinajstić information content (AvgIpc) is 2.45. The molecule has 0 atom stereocenters. The Kier molecular flexibility index (Phi) is 5.19. The SMILES string of the molecule is CC/C(C=NC1CCCCC1)=C\c1ccccc1. The molecule has 2 rings (SSSR count). The molecule has 1 aliphatic rings. The summed E-state index contributed by atoms with van der Waals surface area (Å²) in [5, 5.41) is 0. The molecule has 1 fully saturated rings. The lowest BCUT2D eigenvalue weighted by Crippen LogP contribution is -2.09. The van der Waals surface area contributed by atoms with Gasteiger partial charge in [-0.15, -0.1) is 0 Å². The van der Waals surface area contributed by atoms with Crippen LogP contribution in [0.5, 0.6) is 0 Å². The molecule has 0 radical (unpaired) electrons. The van der Waals surface area contributed by atoms with E-state index in [1.807, 2.05) is 0 Å². The summed E-state index contributed by atoms with van der Waals surface area (Å²) >= 11 is 0. The highest BCUT2D eigenvalue weighted by molar-refractivity contribution is 5.85. The summed E-state index contributed by atoms with van der Waals surface area (Å²) in [6, 6.07) is 11.1. The maximum absolute atomic E-state index is 4.76. The van der Waals surface area contributed by atoms with Gasteiger partial charge < -0.3 is 0 Å². The van der Waals surface area contributed by atoms with Crippen LogP contribution in [0.3, 0.4) is 0 Å². The second-order valence-electron chi connectivity index (χ2n) is 5.05. The number of benzene rings is 1. The zero-order chi connectivity index (χ0) is 12.6. The Morgan fingerprint density at radius 1 is 1.17 bits per heavy atom. The van der Waals surface area contributed by atoms with Gasteiger partial charge in [0.15, 0.2) is 0 Å². The van der Waals surface area contributed by atoms with Crippen LogP contribution in [0.15, 0.2) is 40.9 Å². The van der Waals surface area contributed by atoms with Crippen LogP contribution in [-0.2, 0) is 0 Å². The lowest BCUT2D eigenvalue weighted by atomic mass is 9.96. The van der Waals surface area contributed by atoms with Gasteiger partial charge in [-0.1, -0.05) is 62.6 Å². The maximum Gasteiger partial charge on any atom is 0.0499 e. The second-order valence-corrected chi connectivity index (χ2v) is 5.05. The minimum atomic E-state index is 0.574. The summed E-state index contributed by atoms with van der Waals surface area (Å²) in [5.74, 6) is 0. The van der Waals surface area contributed by atoms with E-state index in [0.717, 1.165) is 6.42 Å². The van der Waals surface area contributed by atoms with Crippen molar-refractivity contribution in [1.29, 1.82) is 0 Å². The van der Waals surface area contributed by atoms with E-state index in [0.29, 0.717) is 6.04 Å². The van der Waals surface area contributed by atoms with Gasteiger partial charge in [-0.2, -0.15) is 0 Å². The van der Waals surface area contributed by atoms with Crippen molar-refractivity contribution < 1.29 is 0 Å². The van der Waals surface area contributed by atoms with Crippen LogP contribution in [0.2, 0.25) is 0 Å². The zero-order valence-corrected chi connectivity index (χ0v) is 11.3. The standard InChI is InChI=1S/C17H23N/c1-2-15(13-16-9-5-3-6-10-16)14-18-17-11-7-4-8-12-17/h3,5-6,9-10,13-14,17H,2,4,7-8,11-12H2,1H3/b15-13+,18-14?. The van der Waals surface area contributed by atoms with E-state index in [-0.39, 0.29) is 0 Å². The third kappa shape index (κ3) is 4.14. The first-order chi connectivity index (χ1) is 8.88. The van der Waals surface area contributed by atoms with Crippen molar-refractivity contribution in [2.24, 2.45) is 4.99 Å². The van der Waals surface area contributed by atoms with Crippen molar-refractivity contribution in [3.8, 4) is 0 Å². The highest BCUT2D eigenvalue weighted by atomic mass is 14.8. The van der Waals surface area contributed by atoms with Gasteiger partial charge >= 0.3 is 0 Å². The molecule has 0 heterocycles. The summed E-state index contributed by atoms with van der Waals surface area (Å²) in [5.41, 5.74) is 2.59. The molecule has 0 spiro atoms. The Morgan fingerprint density at radius 3 is 2.56 bits per heavy atom. The van der Waals surface area contributed by atoms with Crippen LogP contribution in [0.1, 0.15) is 51.0 Å². The van der Waals surface area contributed by atoms with Crippen LogP contribution in [0, 0.1) is 0 Å². The number of nitrogens with zero attached hydrogens (tertiary/aromatic N) is 1. The van der Waals surface area contributed by atoms with E-state index in [4.69, 9.17) is 4.99 Å². The van der Waals surface area contributed by atoms with Crippen molar-refractivity contribution >= 4 is 12.3 Å². The Bertz CT molecular complexity index is 397. The molecule has 96 valence electrons. The van der Waals surface area contributed by atoms with Gasteiger partial charge in [0.2, 0.25) is 0 Å². The molecular weight excluding hydrogens is 218 g/mol. The molecule has 1 aromatic rings. The molecule has 0 saturated heterocycles. The van der Waals surface area contributed by atoms with Crippen LogP contribution in [0.4, 0.5) is 0 Å². The van der Waals surface area contributed by atoms with Gasteiger partial charge in [-0.3, -0.25) is 4.99 Å². The molecule has 1 nitrogen and oxygen atoms in total. The fraction of sp³-hybridized carbons (Fsp3) is 0.471. The van der Waals surface area contributed by atoms with Crippen LogP contribution in [0.25, 0.3) is 6.08 Å². The highest BCUT2D eigenvalue weighted by Crippen LogP contribution is 2.20. The number of hydrogen-bond acceptors (Lipinski definition) is 1. The molecule has 0 aliphatic heterocycles. The highest BCUT2D eigenvalue weighted by Gasteiger charge is 2.10. The molecule has 1 aromatic carbocycles. The summed E-state index contributed by atoms with van der Waals surface area (Å²) in [4.78, 5) is 4.76. The molecular formula is C17H23N. The Balaban J connectivity index is 2.00. The maximum atomic E-state index is 4.76. The van der Waals surface area contributed by atoms with E-state index in [1.165, 1.54) is 43.2 Å². The Hall–Kier alpha value is -1.37. The quantitative estimate of drug-likeness (QED) is 0.666. The number of rotatable bonds is 4. The zero-order valence-electron chi connectivity index (χ0n) is 11.3. The van der Waals surface area contributed by atoms with Crippen molar-refractivity contribution in [2.45, 2.75) is 51.5 Å². The van der Waals surface area contributed by atoms with E-state index in [9.17, 15) is 0 Å². The largest absolute Gasteiger partial charge is 0.290 e. The first kappa shape index (κ1) is 13.1. The topological polar surface area (TPSA) is 12.4 Å². The van der Waals surface area contributed by atoms with Gasteiger partial charge in [-0.05, 0) is 30.4 Å². The number of aliphatic imine (C=N–C) groups is 1. The third-order valence-electron chi connectivity index (χ3n) is 3.59. The molecule has 1 saturated carbocycles. The number of allylic oxidation sites excluding steroid dienone is 1.